The van der Waals surface area contributed by atoms with E-state index < -0.39 is 0 Å². The second kappa shape index (κ2) is 7.83. The molecule has 3 aromatic rings. The highest BCUT2D eigenvalue weighted by molar-refractivity contribution is 7.99. The number of carbonyl (C=O) groups is 1. The second-order valence-corrected chi connectivity index (χ2v) is 7.72. The molecule has 0 atom stereocenters. The molecular weight excluding hydrogens is 358 g/mol. The minimum Gasteiger partial charge on any atom is -0.461 e. The molecule has 0 aliphatic rings. The van der Waals surface area contributed by atoms with Crippen LogP contribution in [0.4, 0.5) is 5.13 Å². The van der Waals surface area contributed by atoms with Crippen molar-refractivity contribution in [3.63, 3.8) is 0 Å². The normalized spacial score (nSPS) is 11.2. The SMILES string of the molecule is Cc1csc(NC(=O)CSc2nnc(-c3ccco3)n2CC(C)C)n1. The van der Waals surface area contributed by atoms with E-state index in [0.29, 0.717) is 27.8 Å². The van der Waals surface area contributed by atoms with E-state index in [2.05, 4.69) is 34.3 Å². The molecule has 3 heterocycles. The van der Waals surface area contributed by atoms with Gasteiger partial charge in [-0.05, 0) is 25.0 Å². The largest absolute Gasteiger partial charge is 0.461 e. The maximum Gasteiger partial charge on any atom is 0.236 e. The molecule has 1 N–H and O–H groups in total. The molecule has 0 saturated carbocycles. The number of anilines is 1. The molecule has 0 radical (unpaired) electrons. The van der Waals surface area contributed by atoms with E-state index in [1.54, 1.807) is 6.26 Å². The predicted molar refractivity (Wildman–Crippen MR) is 98.8 cm³/mol. The minimum absolute atomic E-state index is 0.113. The van der Waals surface area contributed by atoms with E-state index in [1.165, 1.54) is 23.1 Å². The first-order valence-electron chi connectivity index (χ1n) is 7.84. The van der Waals surface area contributed by atoms with Gasteiger partial charge in [-0.1, -0.05) is 25.6 Å². The number of thiazole rings is 1. The summed E-state index contributed by atoms with van der Waals surface area (Å²) in [4.78, 5) is 16.4. The highest BCUT2D eigenvalue weighted by Crippen LogP contribution is 2.25. The first-order valence-corrected chi connectivity index (χ1v) is 9.71. The molecular formula is C16H19N5O2S2. The van der Waals surface area contributed by atoms with Crippen LogP contribution in [0.3, 0.4) is 0 Å². The Morgan fingerprint density at radius 3 is 2.92 bits per heavy atom. The van der Waals surface area contributed by atoms with Gasteiger partial charge >= 0.3 is 0 Å². The van der Waals surface area contributed by atoms with Crippen LogP contribution >= 0.6 is 23.1 Å². The van der Waals surface area contributed by atoms with Crippen LogP contribution in [0.25, 0.3) is 11.6 Å². The number of thioether (sulfide) groups is 1. The van der Waals surface area contributed by atoms with E-state index in [0.717, 1.165) is 12.2 Å². The number of nitrogens with zero attached hydrogens (tertiary/aromatic N) is 4. The summed E-state index contributed by atoms with van der Waals surface area (Å²) in [6.07, 6.45) is 1.61. The number of aromatic nitrogens is 4. The number of amides is 1. The van der Waals surface area contributed by atoms with Gasteiger partial charge in [-0.3, -0.25) is 9.36 Å². The van der Waals surface area contributed by atoms with Gasteiger partial charge in [0.05, 0.1) is 17.7 Å². The molecule has 0 spiro atoms. The maximum absolute atomic E-state index is 12.1. The molecule has 0 aromatic carbocycles. The molecule has 1 amide bonds. The number of nitrogens with one attached hydrogen (secondary N) is 1. The van der Waals surface area contributed by atoms with Crippen molar-refractivity contribution in [2.45, 2.75) is 32.5 Å². The standard InChI is InChI=1S/C16H19N5O2S2/c1-10(2)7-21-14(12-5-4-6-23-12)19-20-16(21)25-9-13(22)18-15-17-11(3)8-24-15/h4-6,8,10H,7,9H2,1-3H3,(H,17,18,22). The Labute approximate surface area is 153 Å². The van der Waals surface area contributed by atoms with Gasteiger partial charge in [0.2, 0.25) is 5.91 Å². The Hall–Kier alpha value is -2.13. The van der Waals surface area contributed by atoms with Gasteiger partial charge in [0.15, 0.2) is 21.9 Å². The molecule has 0 aliphatic heterocycles. The number of rotatable bonds is 7. The Bertz CT molecular complexity index is 839. The van der Waals surface area contributed by atoms with Crippen molar-refractivity contribution in [1.29, 1.82) is 0 Å². The zero-order valence-electron chi connectivity index (χ0n) is 14.2. The highest BCUT2D eigenvalue weighted by atomic mass is 32.2. The second-order valence-electron chi connectivity index (χ2n) is 5.92. The number of furan rings is 1. The van der Waals surface area contributed by atoms with Crippen molar-refractivity contribution in [2.75, 3.05) is 11.1 Å². The third kappa shape index (κ3) is 4.49. The van der Waals surface area contributed by atoms with E-state index in [-0.39, 0.29) is 11.7 Å². The Morgan fingerprint density at radius 2 is 2.28 bits per heavy atom. The maximum atomic E-state index is 12.1. The van der Waals surface area contributed by atoms with Crippen LogP contribution in [-0.4, -0.2) is 31.4 Å². The zero-order valence-corrected chi connectivity index (χ0v) is 15.9. The number of hydrogen-bond acceptors (Lipinski definition) is 7. The van der Waals surface area contributed by atoms with Crippen LogP contribution in [0.15, 0.2) is 33.3 Å². The highest BCUT2D eigenvalue weighted by Gasteiger charge is 2.18. The van der Waals surface area contributed by atoms with Crippen molar-refractivity contribution in [1.82, 2.24) is 19.7 Å². The first-order chi connectivity index (χ1) is 12.0. The van der Waals surface area contributed by atoms with Gasteiger partial charge in [-0.25, -0.2) is 4.98 Å². The van der Waals surface area contributed by atoms with Crippen LogP contribution in [0.1, 0.15) is 19.5 Å². The van der Waals surface area contributed by atoms with Crippen molar-refractivity contribution in [3.8, 4) is 11.6 Å². The zero-order chi connectivity index (χ0) is 17.8. The predicted octanol–water partition coefficient (Wildman–Crippen LogP) is 3.69. The molecule has 3 aromatic heterocycles. The average Bonchev–Trinajstić information content (AvgIpc) is 3.27. The Morgan fingerprint density at radius 1 is 1.44 bits per heavy atom. The first kappa shape index (κ1) is 17.7. The number of carbonyl (C=O) groups excluding carboxylic acids is 1. The molecule has 0 bridgehead atoms. The number of hydrogen-bond donors (Lipinski definition) is 1. The lowest BCUT2D eigenvalue weighted by molar-refractivity contribution is -0.113. The minimum atomic E-state index is -0.113. The van der Waals surface area contributed by atoms with Crippen LogP contribution in [0.2, 0.25) is 0 Å². The fourth-order valence-electron chi connectivity index (χ4n) is 2.21. The van der Waals surface area contributed by atoms with Gasteiger partial charge in [-0.15, -0.1) is 21.5 Å². The van der Waals surface area contributed by atoms with E-state index >= 15 is 0 Å². The van der Waals surface area contributed by atoms with E-state index in [4.69, 9.17) is 4.42 Å². The van der Waals surface area contributed by atoms with Crippen LogP contribution in [0, 0.1) is 12.8 Å². The van der Waals surface area contributed by atoms with Crippen molar-refractivity contribution < 1.29 is 9.21 Å². The lowest BCUT2D eigenvalue weighted by Crippen LogP contribution is -2.15. The summed E-state index contributed by atoms with van der Waals surface area (Å²) < 4.78 is 7.44. The molecule has 7 nitrogen and oxygen atoms in total. The summed E-state index contributed by atoms with van der Waals surface area (Å²) in [7, 11) is 0. The van der Waals surface area contributed by atoms with Crippen LogP contribution in [0.5, 0.6) is 0 Å². The quantitative estimate of drug-likeness (QED) is 0.632. The third-order valence-corrected chi connectivity index (χ3v) is 5.05. The molecule has 0 saturated heterocycles. The molecule has 132 valence electrons. The third-order valence-electron chi connectivity index (χ3n) is 3.20. The van der Waals surface area contributed by atoms with Gasteiger partial charge in [0.25, 0.3) is 0 Å². The fraction of sp³-hybridized carbons (Fsp3) is 0.375. The van der Waals surface area contributed by atoms with Crippen molar-refractivity contribution in [2.24, 2.45) is 5.92 Å². The number of aryl methyl sites for hydroxylation is 1. The van der Waals surface area contributed by atoms with Crippen molar-refractivity contribution >= 4 is 34.1 Å². The van der Waals surface area contributed by atoms with E-state index in [9.17, 15) is 4.79 Å². The Balaban J connectivity index is 1.70. The molecule has 0 unspecified atom stereocenters. The van der Waals surface area contributed by atoms with E-state index in [1.807, 2.05) is 29.0 Å². The Kier molecular flexibility index (Phi) is 5.54. The van der Waals surface area contributed by atoms with Crippen LogP contribution in [-0.2, 0) is 11.3 Å². The summed E-state index contributed by atoms with van der Waals surface area (Å²) in [5, 5.41) is 14.5. The van der Waals surface area contributed by atoms with Gasteiger partial charge in [0, 0.05) is 11.9 Å². The molecule has 0 aliphatic carbocycles. The molecule has 3 rings (SSSR count). The van der Waals surface area contributed by atoms with Gasteiger partial charge in [0.1, 0.15) is 0 Å². The average molecular weight is 377 g/mol. The lowest BCUT2D eigenvalue weighted by Gasteiger charge is -2.11. The lowest BCUT2D eigenvalue weighted by atomic mass is 10.2. The molecule has 9 heteroatoms. The monoisotopic (exact) mass is 377 g/mol. The van der Waals surface area contributed by atoms with Crippen molar-refractivity contribution in [3.05, 3.63) is 29.5 Å². The van der Waals surface area contributed by atoms with Gasteiger partial charge < -0.3 is 9.73 Å². The van der Waals surface area contributed by atoms with Crippen LogP contribution < -0.4 is 5.32 Å². The smallest absolute Gasteiger partial charge is 0.236 e. The summed E-state index contributed by atoms with van der Waals surface area (Å²) in [6, 6.07) is 3.67. The fourth-order valence-corrected chi connectivity index (χ4v) is 3.66. The topological polar surface area (TPSA) is 85.8 Å². The molecule has 0 fully saturated rings. The van der Waals surface area contributed by atoms with Gasteiger partial charge in [-0.2, -0.15) is 0 Å². The summed E-state index contributed by atoms with van der Waals surface area (Å²) >= 11 is 2.77. The molecule has 25 heavy (non-hydrogen) atoms. The summed E-state index contributed by atoms with van der Waals surface area (Å²) in [5.74, 6) is 1.89. The summed E-state index contributed by atoms with van der Waals surface area (Å²) in [5.41, 5.74) is 0.896. The summed E-state index contributed by atoms with van der Waals surface area (Å²) in [6.45, 7) is 6.89.